The van der Waals surface area contributed by atoms with Crippen LogP contribution >= 0.6 is 0 Å². The highest BCUT2D eigenvalue weighted by Crippen LogP contribution is 2.34. The van der Waals surface area contributed by atoms with Crippen LogP contribution in [0.3, 0.4) is 0 Å². The number of nitrogens with one attached hydrogen (secondary N) is 1. The average molecular weight is 243 g/mol. The Labute approximate surface area is 101 Å². The predicted molar refractivity (Wildman–Crippen MR) is 62.3 cm³/mol. The molecule has 0 aliphatic heterocycles. The summed E-state index contributed by atoms with van der Waals surface area (Å²) in [6.45, 7) is 3.58. The molecular weight excluding hydrogens is 222 g/mol. The van der Waals surface area contributed by atoms with Crippen molar-refractivity contribution in [2.75, 3.05) is 6.61 Å². The molecule has 1 fully saturated rings. The number of rotatable bonds is 4. The number of carbonyl (C=O) groups excluding carboxylic acids is 1. The molecule has 5 nitrogen and oxygen atoms in total. The molecule has 4 atom stereocenters. The van der Waals surface area contributed by atoms with Crippen molar-refractivity contribution in [2.45, 2.75) is 39.2 Å². The topological polar surface area (TPSA) is 86.6 Å². The number of hydrogen-bond acceptors (Lipinski definition) is 3. The van der Waals surface area contributed by atoms with Gasteiger partial charge < -0.3 is 15.5 Å². The third-order valence-electron chi connectivity index (χ3n) is 3.43. The fourth-order valence-corrected chi connectivity index (χ4v) is 2.36. The van der Waals surface area contributed by atoms with Gasteiger partial charge in [-0.3, -0.25) is 9.59 Å². The van der Waals surface area contributed by atoms with Crippen LogP contribution < -0.4 is 5.32 Å². The first kappa shape index (κ1) is 14.0. The van der Waals surface area contributed by atoms with Crippen LogP contribution in [-0.4, -0.2) is 34.7 Å². The minimum atomic E-state index is -0.895. The average Bonchev–Trinajstić information content (AvgIpc) is 2.28. The van der Waals surface area contributed by atoms with Crippen LogP contribution in [-0.2, 0) is 9.59 Å². The van der Waals surface area contributed by atoms with Crippen molar-refractivity contribution in [2.24, 2.45) is 17.8 Å². The van der Waals surface area contributed by atoms with Gasteiger partial charge in [-0.1, -0.05) is 6.92 Å². The number of carboxylic acid groups (broad SMARTS) is 1. The van der Waals surface area contributed by atoms with E-state index in [1.54, 1.807) is 6.92 Å². The monoisotopic (exact) mass is 243 g/mol. The molecule has 0 spiro atoms. The van der Waals surface area contributed by atoms with Gasteiger partial charge in [-0.2, -0.15) is 0 Å². The first-order valence-corrected chi connectivity index (χ1v) is 6.09. The van der Waals surface area contributed by atoms with Crippen molar-refractivity contribution >= 4 is 11.9 Å². The summed E-state index contributed by atoms with van der Waals surface area (Å²) in [5, 5.41) is 20.7. The normalized spacial score (nSPS) is 30.6. The third-order valence-corrected chi connectivity index (χ3v) is 3.43. The number of carboxylic acids is 1. The van der Waals surface area contributed by atoms with E-state index in [1.165, 1.54) is 0 Å². The number of aliphatic hydroxyl groups is 1. The SMILES string of the molecule is CC1CCC(C(=O)N[C@H](C)CO)C(C(=O)O)C1. The van der Waals surface area contributed by atoms with Gasteiger partial charge in [0.25, 0.3) is 0 Å². The Balaban J connectivity index is 2.66. The van der Waals surface area contributed by atoms with Crippen molar-refractivity contribution in [3.05, 3.63) is 0 Å². The molecule has 1 aliphatic rings. The van der Waals surface area contributed by atoms with Gasteiger partial charge in [-0.25, -0.2) is 0 Å². The minimum absolute atomic E-state index is 0.132. The van der Waals surface area contributed by atoms with Gasteiger partial charge in [0.1, 0.15) is 0 Å². The van der Waals surface area contributed by atoms with E-state index >= 15 is 0 Å². The van der Waals surface area contributed by atoms with Crippen LogP contribution in [0.1, 0.15) is 33.1 Å². The molecule has 0 radical (unpaired) electrons. The van der Waals surface area contributed by atoms with E-state index < -0.39 is 17.8 Å². The zero-order valence-corrected chi connectivity index (χ0v) is 10.3. The van der Waals surface area contributed by atoms with Gasteiger partial charge in [0.15, 0.2) is 0 Å². The molecular formula is C12H21NO4. The Hall–Kier alpha value is -1.10. The van der Waals surface area contributed by atoms with Crippen molar-refractivity contribution in [1.82, 2.24) is 5.32 Å². The summed E-state index contributed by atoms with van der Waals surface area (Å²) in [5.41, 5.74) is 0. The molecule has 0 bridgehead atoms. The number of aliphatic hydroxyl groups excluding tert-OH is 1. The Kier molecular flexibility index (Phi) is 4.93. The zero-order chi connectivity index (χ0) is 13.0. The van der Waals surface area contributed by atoms with E-state index in [2.05, 4.69) is 5.32 Å². The highest BCUT2D eigenvalue weighted by molar-refractivity contribution is 5.85. The van der Waals surface area contributed by atoms with Crippen LogP contribution in [0.25, 0.3) is 0 Å². The Morgan fingerprint density at radius 1 is 1.35 bits per heavy atom. The fraction of sp³-hybridized carbons (Fsp3) is 0.833. The molecule has 0 heterocycles. The summed E-state index contributed by atoms with van der Waals surface area (Å²) in [7, 11) is 0. The van der Waals surface area contributed by atoms with E-state index in [9.17, 15) is 9.59 Å². The van der Waals surface area contributed by atoms with E-state index in [0.717, 1.165) is 6.42 Å². The number of aliphatic carboxylic acids is 1. The lowest BCUT2D eigenvalue weighted by Crippen LogP contribution is -2.45. The van der Waals surface area contributed by atoms with Crippen molar-refractivity contribution < 1.29 is 19.8 Å². The van der Waals surface area contributed by atoms with Crippen molar-refractivity contribution in [3.63, 3.8) is 0 Å². The molecule has 5 heteroatoms. The molecule has 17 heavy (non-hydrogen) atoms. The predicted octanol–water partition coefficient (Wildman–Crippen LogP) is 0.620. The minimum Gasteiger partial charge on any atom is -0.481 e. The number of hydrogen-bond donors (Lipinski definition) is 3. The van der Waals surface area contributed by atoms with Gasteiger partial charge in [-0.05, 0) is 32.1 Å². The lowest BCUT2D eigenvalue weighted by molar-refractivity contribution is -0.150. The van der Waals surface area contributed by atoms with E-state index in [-0.39, 0.29) is 18.6 Å². The largest absolute Gasteiger partial charge is 0.481 e. The molecule has 0 aromatic carbocycles. The van der Waals surface area contributed by atoms with Gasteiger partial charge >= 0.3 is 5.97 Å². The van der Waals surface area contributed by atoms with E-state index in [0.29, 0.717) is 18.8 Å². The molecule has 0 aromatic rings. The van der Waals surface area contributed by atoms with Gasteiger partial charge in [0.05, 0.1) is 18.4 Å². The highest BCUT2D eigenvalue weighted by atomic mass is 16.4. The second-order valence-electron chi connectivity index (χ2n) is 5.06. The van der Waals surface area contributed by atoms with Gasteiger partial charge in [0, 0.05) is 6.04 Å². The molecule has 1 aliphatic carbocycles. The number of carbonyl (C=O) groups is 2. The van der Waals surface area contributed by atoms with Gasteiger partial charge in [-0.15, -0.1) is 0 Å². The standard InChI is InChI=1S/C12H21NO4/c1-7-3-4-9(10(5-7)12(16)17)11(15)13-8(2)6-14/h7-10,14H,3-6H2,1-2H3,(H,13,15)(H,16,17)/t7?,8-,9?,10?/m1/s1. The second kappa shape index (κ2) is 6.00. The molecule has 1 amide bonds. The van der Waals surface area contributed by atoms with Crippen LogP contribution in [0.5, 0.6) is 0 Å². The Morgan fingerprint density at radius 3 is 2.53 bits per heavy atom. The van der Waals surface area contributed by atoms with E-state index in [4.69, 9.17) is 10.2 Å². The molecule has 0 aromatic heterocycles. The maximum absolute atomic E-state index is 11.9. The third kappa shape index (κ3) is 3.70. The lowest BCUT2D eigenvalue weighted by atomic mass is 9.74. The first-order chi connectivity index (χ1) is 7.95. The summed E-state index contributed by atoms with van der Waals surface area (Å²) in [6.07, 6.45) is 2.05. The first-order valence-electron chi connectivity index (χ1n) is 6.09. The van der Waals surface area contributed by atoms with Crippen LogP contribution in [0, 0.1) is 17.8 Å². The highest BCUT2D eigenvalue weighted by Gasteiger charge is 2.38. The van der Waals surface area contributed by atoms with Gasteiger partial charge in [0.2, 0.25) is 5.91 Å². The summed E-state index contributed by atoms with van der Waals surface area (Å²) < 4.78 is 0. The molecule has 1 saturated carbocycles. The molecule has 98 valence electrons. The summed E-state index contributed by atoms with van der Waals surface area (Å²) in [4.78, 5) is 23.0. The van der Waals surface area contributed by atoms with Crippen LogP contribution in [0.2, 0.25) is 0 Å². The second-order valence-corrected chi connectivity index (χ2v) is 5.06. The number of amides is 1. The Morgan fingerprint density at radius 2 is 2.00 bits per heavy atom. The molecule has 3 N–H and O–H groups in total. The van der Waals surface area contributed by atoms with Crippen molar-refractivity contribution in [3.8, 4) is 0 Å². The summed E-state index contributed by atoms with van der Waals surface area (Å²) in [6, 6.07) is -0.323. The maximum Gasteiger partial charge on any atom is 0.307 e. The molecule has 0 saturated heterocycles. The summed E-state index contributed by atoms with van der Waals surface area (Å²) >= 11 is 0. The molecule has 1 rings (SSSR count). The molecule has 3 unspecified atom stereocenters. The van der Waals surface area contributed by atoms with Crippen LogP contribution in [0.4, 0.5) is 0 Å². The fourth-order valence-electron chi connectivity index (χ4n) is 2.36. The summed E-state index contributed by atoms with van der Waals surface area (Å²) in [5.74, 6) is -1.84. The van der Waals surface area contributed by atoms with E-state index in [1.807, 2.05) is 6.92 Å². The Bertz CT molecular complexity index is 292. The quantitative estimate of drug-likeness (QED) is 0.675. The lowest BCUT2D eigenvalue weighted by Gasteiger charge is -2.31. The smallest absolute Gasteiger partial charge is 0.307 e. The maximum atomic E-state index is 11.9. The van der Waals surface area contributed by atoms with Crippen LogP contribution in [0.15, 0.2) is 0 Å². The zero-order valence-electron chi connectivity index (χ0n) is 10.3. The van der Waals surface area contributed by atoms with Crippen molar-refractivity contribution in [1.29, 1.82) is 0 Å².